The summed E-state index contributed by atoms with van der Waals surface area (Å²) < 4.78 is 46.1. The second kappa shape index (κ2) is 8.41. The molecule has 1 atom stereocenters. The minimum Gasteiger partial charge on any atom is -0.383 e. The van der Waals surface area contributed by atoms with Crippen LogP contribution in [0.4, 0.5) is 24.7 Å². The molecule has 3 N–H and O–H groups in total. The molecule has 174 valence electrons. The maximum atomic E-state index is 12.9. The highest BCUT2D eigenvalue weighted by Crippen LogP contribution is 2.34. The Labute approximate surface area is 191 Å². The Kier molecular flexibility index (Phi) is 5.40. The summed E-state index contributed by atoms with van der Waals surface area (Å²) in [5, 5.41) is 7.97. The van der Waals surface area contributed by atoms with Crippen molar-refractivity contribution in [2.75, 3.05) is 24.3 Å². The summed E-state index contributed by atoms with van der Waals surface area (Å²) >= 11 is 0. The largest absolute Gasteiger partial charge is 0.416 e. The first-order valence-corrected chi connectivity index (χ1v) is 10.5. The molecule has 1 saturated heterocycles. The molecule has 0 saturated carbocycles. The highest BCUT2D eigenvalue weighted by atomic mass is 19.4. The number of benzene rings is 2. The number of alkyl halides is 3. The van der Waals surface area contributed by atoms with Crippen LogP contribution in [0, 0.1) is 0 Å². The van der Waals surface area contributed by atoms with E-state index in [-0.39, 0.29) is 11.6 Å². The zero-order chi connectivity index (χ0) is 23.9. The van der Waals surface area contributed by atoms with Crippen molar-refractivity contribution in [2.24, 2.45) is 0 Å². The van der Waals surface area contributed by atoms with Crippen molar-refractivity contribution in [3.8, 4) is 11.3 Å². The molecule has 34 heavy (non-hydrogen) atoms. The van der Waals surface area contributed by atoms with Gasteiger partial charge >= 0.3 is 6.18 Å². The lowest BCUT2D eigenvalue weighted by Crippen LogP contribution is -2.13. The Bertz CT molecular complexity index is 1360. The lowest BCUT2D eigenvalue weighted by molar-refractivity contribution is -0.137. The molecule has 1 aliphatic rings. The van der Waals surface area contributed by atoms with Crippen LogP contribution in [0.25, 0.3) is 22.3 Å². The monoisotopic (exact) mass is 468 g/mol. The quantitative estimate of drug-likeness (QED) is 0.462. The van der Waals surface area contributed by atoms with E-state index in [1.807, 2.05) is 0 Å². The third-order valence-corrected chi connectivity index (χ3v) is 5.64. The standard InChI is InChI=1S/C23H19F3N6O2/c24-23(25,26)15-3-1-2-14(10-15)22(33)30-16-6-4-13(5-7-16)19-18-20(27)28-12-29-21(18)32(31-19)17-8-9-34-11-17/h1-7,10,12,17H,8-9,11H2,(H,30,33)(H2,27,28,29). The molecule has 5 rings (SSSR count). The molecule has 2 aromatic carbocycles. The molecule has 0 aliphatic carbocycles. The van der Waals surface area contributed by atoms with E-state index in [1.54, 1.807) is 28.9 Å². The Morgan fingerprint density at radius 1 is 1.15 bits per heavy atom. The van der Waals surface area contributed by atoms with E-state index in [4.69, 9.17) is 15.6 Å². The van der Waals surface area contributed by atoms with Gasteiger partial charge in [0.05, 0.1) is 23.6 Å². The predicted molar refractivity (Wildman–Crippen MR) is 119 cm³/mol. The van der Waals surface area contributed by atoms with E-state index in [9.17, 15) is 18.0 Å². The van der Waals surface area contributed by atoms with E-state index in [0.29, 0.717) is 41.4 Å². The van der Waals surface area contributed by atoms with Crippen LogP contribution in [0.2, 0.25) is 0 Å². The Morgan fingerprint density at radius 3 is 2.65 bits per heavy atom. The number of ether oxygens (including phenoxy) is 1. The van der Waals surface area contributed by atoms with Crippen molar-refractivity contribution in [3.05, 3.63) is 66.0 Å². The maximum Gasteiger partial charge on any atom is 0.416 e. The van der Waals surface area contributed by atoms with E-state index in [2.05, 4.69) is 15.3 Å². The first-order chi connectivity index (χ1) is 16.3. The first-order valence-electron chi connectivity index (χ1n) is 10.5. The first kappa shape index (κ1) is 21.8. The van der Waals surface area contributed by atoms with Crippen LogP contribution in [0.15, 0.2) is 54.9 Å². The number of halogens is 3. The van der Waals surface area contributed by atoms with Crippen LogP contribution in [0.5, 0.6) is 0 Å². The maximum absolute atomic E-state index is 12.9. The summed E-state index contributed by atoms with van der Waals surface area (Å²) in [6, 6.07) is 11.1. The van der Waals surface area contributed by atoms with Gasteiger partial charge in [-0.15, -0.1) is 0 Å². The number of hydrogen-bond donors (Lipinski definition) is 2. The topological polar surface area (TPSA) is 108 Å². The van der Waals surface area contributed by atoms with Gasteiger partial charge < -0.3 is 15.8 Å². The number of anilines is 2. The molecular weight excluding hydrogens is 449 g/mol. The van der Waals surface area contributed by atoms with Crippen LogP contribution in [-0.2, 0) is 10.9 Å². The van der Waals surface area contributed by atoms with Crippen LogP contribution in [0.3, 0.4) is 0 Å². The third-order valence-electron chi connectivity index (χ3n) is 5.64. The summed E-state index contributed by atoms with van der Waals surface area (Å²) in [5.74, 6) is -0.348. The molecule has 1 amide bonds. The van der Waals surface area contributed by atoms with Gasteiger partial charge in [-0.3, -0.25) is 4.79 Å². The molecule has 0 spiro atoms. The second-order valence-corrected chi connectivity index (χ2v) is 7.88. The van der Waals surface area contributed by atoms with Crippen LogP contribution < -0.4 is 11.1 Å². The molecule has 2 aromatic heterocycles. The van der Waals surface area contributed by atoms with Gasteiger partial charge in [0.25, 0.3) is 5.91 Å². The van der Waals surface area contributed by atoms with Crippen molar-refractivity contribution in [1.82, 2.24) is 19.7 Å². The average molecular weight is 468 g/mol. The number of nitrogen functional groups attached to an aromatic ring is 1. The summed E-state index contributed by atoms with van der Waals surface area (Å²) in [4.78, 5) is 20.9. The van der Waals surface area contributed by atoms with Gasteiger partial charge in [-0.05, 0) is 36.8 Å². The smallest absolute Gasteiger partial charge is 0.383 e. The molecular formula is C23H19F3N6O2. The number of fused-ring (bicyclic) bond motifs is 1. The highest BCUT2D eigenvalue weighted by Gasteiger charge is 2.31. The van der Waals surface area contributed by atoms with Gasteiger partial charge in [0.2, 0.25) is 0 Å². The number of carbonyl (C=O) groups is 1. The Balaban J connectivity index is 1.42. The number of hydrogen-bond acceptors (Lipinski definition) is 6. The van der Waals surface area contributed by atoms with Gasteiger partial charge in [-0.2, -0.15) is 18.3 Å². The van der Waals surface area contributed by atoms with Crippen molar-refractivity contribution in [1.29, 1.82) is 0 Å². The summed E-state index contributed by atoms with van der Waals surface area (Å²) in [5.41, 5.74) is 7.51. The molecule has 4 aromatic rings. The molecule has 11 heteroatoms. The lowest BCUT2D eigenvalue weighted by Gasteiger charge is -2.10. The van der Waals surface area contributed by atoms with Gasteiger partial charge in [0.1, 0.15) is 17.8 Å². The molecule has 0 radical (unpaired) electrons. The number of carbonyl (C=O) groups excluding carboxylic acids is 1. The van der Waals surface area contributed by atoms with Gasteiger partial charge in [0.15, 0.2) is 5.65 Å². The number of aromatic nitrogens is 4. The van der Waals surface area contributed by atoms with Crippen LogP contribution in [0.1, 0.15) is 28.4 Å². The number of nitrogens with two attached hydrogens (primary N) is 1. The van der Waals surface area contributed by atoms with Crippen LogP contribution >= 0.6 is 0 Å². The van der Waals surface area contributed by atoms with E-state index in [0.717, 1.165) is 24.1 Å². The average Bonchev–Trinajstić information content (AvgIpc) is 3.48. The molecule has 1 fully saturated rings. The van der Waals surface area contributed by atoms with Gasteiger partial charge in [0, 0.05) is 23.4 Å². The molecule has 1 unspecified atom stereocenters. The summed E-state index contributed by atoms with van der Waals surface area (Å²) in [7, 11) is 0. The Morgan fingerprint density at radius 2 is 1.94 bits per heavy atom. The molecule has 0 bridgehead atoms. The number of nitrogens with one attached hydrogen (secondary N) is 1. The van der Waals surface area contributed by atoms with Crippen molar-refractivity contribution in [2.45, 2.75) is 18.6 Å². The van der Waals surface area contributed by atoms with Gasteiger partial charge in [-0.25, -0.2) is 14.6 Å². The summed E-state index contributed by atoms with van der Waals surface area (Å²) in [6.45, 7) is 1.17. The molecule has 8 nitrogen and oxygen atoms in total. The molecule has 1 aliphatic heterocycles. The Hall–Kier alpha value is -3.99. The normalized spacial score (nSPS) is 16.1. The van der Waals surface area contributed by atoms with E-state index in [1.165, 1.54) is 18.5 Å². The predicted octanol–water partition coefficient (Wildman–Crippen LogP) is 4.31. The lowest BCUT2D eigenvalue weighted by atomic mass is 10.1. The minimum absolute atomic E-state index is 0.0385. The van der Waals surface area contributed by atoms with Crippen molar-refractivity contribution in [3.63, 3.8) is 0 Å². The highest BCUT2D eigenvalue weighted by molar-refractivity contribution is 6.04. The number of amides is 1. The molecule has 3 heterocycles. The number of nitrogens with zero attached hydrogens (tertiary/aromatic N) is 4. The van der Waals surface area contributed by atoms with Crippen LogP contribution in [-0.4, -0.2) is 38.9 Å². The third kappa shape index (κ3) is 4.05. The summed E-state index contributed by atoms with van der Waals surface area (Å²) in [6.07, 6.45) is -2.33. The fourth-order valence-corrected chi connectivity index (χ4v) is 3.92. The fourth-order valence-electron chi connectivity index (χ4n) is 3.92. The van der Waals surface area contributed by atoms with Crippen molar-refractivity contribution >= 4 is 28.4 Å². The second-order valence-electron chi connectivity index (χ2n) is 7.88. The minimum atomic E-state index is -4.53. The van der Waals surface area contributed by atoms with E-state index >= 15 is 0 Å². The number of rotatable bonds is 4. The fraction of sp³-hybridized carbons (Fsp3) is 0.217. The van der Waals surface area contributed by atoms with E-state index < -0.39 is 17.6 Å². The zero-order valence-electron chi connectivity index (χ0n) is 17.7. The SMILES string of the molecule is Nc1ncnc2c1c(-c1ccc(NC(=O)c3cccc(C(F)(F)F)c3)cc1)nn2C1CCOC1. The zero-order valence-corrected chi connectivity index (χ0v) is 17.7. The van der Waals surface area contributed by atoms with Crippen molar-refractivity contribution < 1.29 is 22.7 Å². The van der Waals surface area contributed by atoms with Gasteiger partial charge in [-0.1, -0.05) is 18.2 Å².